The highest BCUT2D eigenvalue weighted by atomic mass is 79.9. The van der Waals surface area contributed by atoms with Gasteiger partial charge in [-0.3, -0.25) is 0 Å². The number of rotatable bonds is 2. The number of fused-ring (bicyclic) bond motifs is 1. The molecule has 0 spiro atoms. The molecular formula is C13H11BrN4O2. The summed E-state index contributed by atoms with van der Waals surface area (Å²) in [6.07, 6.45) is 5.62. The second-order valence-electron chi connectivity index (χ2n) is 4.83. The SMILES string of the molecule is Brc1ccc(-c2noc(C3CCn4cncc4C3)n2)o1. The van der Waals surface area contributed by atoms with E-state index in [2.05, 4.69) is 35.6 Å². The molecule has 6 nitrogen and oxygen atoms in total. The van der Waals surface area contributed by atoms with Crippen LogP contribution in [0.25, 0.3) is 11.6 Å². The lowest BCUT2D eigenvalue weighted by atomic mass is 9.96. The van der Waals surface area contributed by atoms with E-state index in [0.717, 1.165) is 19.4 Å². The first-order valence-electron chi connectivity index (χ1n) is 6.38. The molecular weight excluding hydrogens is 324 g/mol. The lowest BCUT2D eigenvalue weighted by molar-refractivity contribution is 0.325. The summed E-state index contributed by atoms with van der Waals surface area (Å²) in [6, 6.07) is 3.62. The number of halogens is 1. The summed E-state index contributed by atoms with van der Waals surface area (Å²) in [4.78, 5) is 8.62. The Kier molecular flexibility index (Phi) is 2.73. The molecule has 7 heteroatoms. The molecule has 1 aliphatic heterocycles. The van der Waals surface area contributed by atoms with Gasteiger partial charge in [0, 0.05) is 30.8 Å². The molecule has 0 bridgehead atoms. The Morgan fingerprint density at radius 1 is 1.35 bits per heavy atom. The van der Waals surface area contributed by atoms with Crippen LogP contribution >= 0.6 is 15.9 Å². The zero-order chi connectivity index (χ0) is 13.5. The number of aromatic nitrogens is 4. The molecule has 1 unspecified atom stereocenters. The second kappa shape index (κ2) is 4.59. The third kappa shape index (κ3) is 1.98. The average Bonchev–Trinajstić information content (AvgIpc) is 3.17. The van der Waals surface area contributed by atoms with Crippen LogP contribution in [0, 0.1) is 0 Å². The molecule has 3 aromatic heterocycles. The fraction of sp³-hybridized carbons (Fsp3) is 0.308. The van der Waals surface area contributed by atoms with Gasteiger partial charge in [-0.1, -0.05) is 5.16 Å². The molecule has 102 valence electrons. The van der Waals surface area contributed by atoms with Crippen molar-refractivity contribution in [2.24, 2.45) is 0 Å². The summed E-state index contributed by atoms with van der Waals surface area (Å²) in [5.41, 5.74) is 1.21. The Morgan fingerprint density at radius 2 is 2.30 bits per heavy atom. The minimum absolute atomic E-state index is 0.249. The van der Waals surface area contributed by atoms with Crippen LogP contribution in [0.1, 0.15) is 23.9 Å². The smallest absolute Gasteiger partial charge is 0.238 e. The van der Waals surface area contributed by atoms with Gasteiger partial charge in [-0.25, -0.2) is 4.98 Å². The molecule has 0 saturated heterocycles. The van der Waals surface area contributed by atoms with Crippen LogP contribution in [0.3, 0.4) is 0 Å². The molecule has 0 amide bonds. The van der Waals surface area contributed by atoms with Gasteiger partial charge in [0.25, 0.3) is 0 Å². The highest BCUT2D eigenvalue weighted by Gasteiger charge is 2.25. The van der Waals surface area contributed by atoms with Crippen molar-refractivity contribution >= 4 is 15.9 Å². The van der Waals surface area contributed by atoms with E-state index in [9.17, 15) is 0 Å². The minimum atomic E-state index is 0.249. The first kappa shape index (κ1) is 11.9. The van der Waals surface area contributed by atoms with Gasteiger partial charge in [-0.15, -0.1) is 0 Å². The largest absolute Gasteiger partial charge is 0.446 e. The molecule has 0 aliphatic carbocycles. The molecule has 4 heterocycles. The summed E-state index contributed by atoms with van der Waals surface area (Å²) < 4.78 is 13.6. The fourth-order valence-electron chi connectivity index (χ4n) is 2.52. The summed E-state index contributed by atoms with van der Waals surface area (Å²) in [5, 5.41) is 4.00. The molecule has 0 N–H and O–H groups in total. The van der Waals surface area contributed by atoms with Crippen molar-refractivity contribution in [1.29, 1.82) is 0 Å². The zero-order valence-electron chi connectivity index (χ0n) is 10.5. The zero-order valence-corrected chi connectivity index (χ0v) is 12.1. The molecule has 20 heavy (non-hydrogen) atoms. The standard InChI is InChI=1S/C13H11BrN4O2/c14-11-2-1-10(19-11)12-16-13(20-17-12)8-3-4-18-7-15-6-9(18)5-8/h1-2,6-8H,3-5H2. The monoisotopic (exact) mass is 334 g/mol. The van der Waals surface area contributed by atoms with Gasteiger partial charge in [0.2, 0.25) is 11.7 Å². The van der Waals surface area contributed by atoms with Crippen molar-refractivity contribution in [2.75, 3.05) is 0 Å². The number of imidazole rings is 1. The van der Waals surface area contributed by atoms with Gasteiger partial charge in [0.05, 0.1) is 6.33 Å². The molecule has 4 rings (SSSR count). The van der Waals surface area contributed by atoms with E-state index >= 15 is 0 Å². The molecule has 1 atom stereocenters. The summed E-state index contributed by atoms with van der Waals surface area (Å²) in [7, 11) is 0. The Bertz CT molecular complexity index is 745. The van der Waals surface area contributed by atoms with E-state index in [-0.39, 0.29) is 5.92 Å². The van der Waals surface area contributed by atoms with Crippen molar-refractivity contribution < 1.29 is 8.94 Å². The van der Waals surface area contributed by atoms with Gasteiger partial charge in [0.15, 0.2) is 10.4 Å². The number of furan rings is 1. The Hall–Kier alpha value is -1.89. The molecule has 0 aromatic carbocycles. The van der Waals surface area contributed by atoms with E-state index < -0.39 is 0 Å². The van der Waals surface area contributed by atoms with E-state index in [1.807, 2.05) is 24.7 Å². The van der Waals surface area contributed by atoms with E-state index in [1.54, 1.807) is 0 Å². The lowest BCUT2D eigenvalue weighted by Crippen LogP contribution is -2.17. The molecule has 0 saturated carbocycles. The molecule has 1 aliphatic rings. The van der Waals surface area contributed by atoms with Crippen LogP contribution in [0.4, 0.5) is 0 Å². The number of hydrogen-bond donors (Lipinski definition) is 0. The lowest BCUT2D eigenvalue weighted by Gasteiger charge is -2.20. The summed E-state index contributed by atoms with van der Waals surface area (Å²) in [5.74, 6) is 2.01. The van der Waals surface area contributed by atoms with E-state index in [4.69, 9.17) is 8.94 Å². The molecule has 0 radical (unpaired) electrons. The maximum atomic E-state index is 5.43. The predicted molar refractivity (Wildman–Crippen MR) is 73.0 cm³/mol. The molecule has 3 aromatic rings. The van der Waals surface area contributed by atoms with E-state index in [0.29, 0.717) is 22.1 Å². The topological polar surface area (TPSA) is 69.9 Å². The summed E-state index contributed by atoms with van der Waals surface area (Å²) >= 11 is 3.26. The maximum Gasteiger partial charge on any atom is 0.238 e. The molecule has 0 fully saturated rings. The van der Waals surface area contributed by atoms with Crippen LogP contribution in [0.2, 0.25) is 0 Å². The van der Waals surface area contributed by atoms with Gasteiger partial charge < -0.3 is 13.5 Å². The first-order chi connectivity index (χ1) is 9.79. The van der Waals surface area contributed by atoms with Crippen molar-refractivity contribution in [3.05, 3.63) is 40.9 Å². The van der Waals surface area contributed by atoms with Gasteiger partial charge in [-0.05, 0) is 34.5 Å². The quantitative estimate of drug-likeness (QED) is 0.720. The van der Waals surface area contributed by atoms with Crippen LogP contribution in [-0.4, -0.2) is 19.7 Å². The van der Waals surface area contributed by atoms with Crippen molar-refractivity contribution in [1.82, 2.24) is 19.7 Å². The number of aryl methyl sites for hydroxylation is 1. The van der Waals surface area contributed by atoms with Crippen molar-refractivity contribution in [2.45, 2.75) is 25.3 Å². The van der Waals surface area contributed by atoms with Gasteiger partial charge in [-0.2, -0.15) is 4.98 Å². The van der Waals surface area contributed by atoms with Gasteiger partial charge >= 0.3 is 0 Å². The number of hydrogen-bond acceptors (Lipinski definition) is 5. The first-order valence-corrected chi connectivity index (χ1v) is 7.17. The normalized spacial score (nSPS) is 18.1. The highest BCUT2D eigenvalue weighted by Crippen LogP contribution is 2.30. The Labute approximate surface area is 122 Å². The summed E-state index contributed by atoms with van der Waals surface area (Å²) in [6.45, 7) is 0.935. The minimum Gasteiger partial charge on any atom is -0.446 e. The third-order valence-electron chi connectivity index (χ3n) is 3.56. The van der Waals surface area contributed by atoms with Crippen LogP contribution in [-0.2, 0) is 13.0 Å². The second-order valence-corrected chi connectivity index (χ2v) is 5.61. The predicted octanol–water partition coefficient (Wildman–Crippen LogP) is 3.02. The Morgan fingerprint density at radius 3 is 3.15 bits per heavy atom. The average molecular weight is 335 g/mol. The third-order valence-corrected chi connectivity index (χ3v) is 3.98. The highest BCUT2D eigenvalue weighted by molar-refractivity contribution is 9.10. The van der Waals surface area contributed by atoms with Crippen molar-refractivity contribution in [3.63, 3.8) is 0 Å². The van der Waals surface area contributed by atoms with Gasteiger partial charge in [0.1, 0.15) is 0 Å². The van der Waals surface area contributed by atoms with Crippen LogP contribution in [0.5, 0.6) is 0 Å². The number of nitrogens with zero attached hydrogens (tertiary/aromatic N) is 4. The van der Waals surface area contributed by atoms with Crippen molar-refractivity contribution in [3.8, 4) is 11.6 Å². The maximum absolute atomic E-state index is 5.43. The van der Waals surface area contributed by atoms with E-state index in [1.165, 1.54) is 5.69 Å². The Balaban J connectivity index is 1.60. The fourth-order valence-corrected chi connectivity index (χ4v) is 2.82. The van der Waals surface area contributed by atoms with Crippen LogP contribution in [0.15, 0.2) is 38.3 Å². The van der Waals surface area contributed by atoms with Crippen LogP contribution < -0.4 is 0 Å².